The van der Waals surface area contributed by atoms with E-state index in [1.54, 1.807) is 24.7 Å². The van der Waals surface area contributed by atoms with E-state index in [0.717, 1.165) is 17.7 Å². The summed E-state index contributed by atoms with van der Waals surface area (Å²) in [6, 6.07) is 11.3. The Balaban J connectivity index is 1.65. The average Bonchev–Trinajstić information content (AvgIpc) is 3.24. The molecule has 2 aromatic carbocycles. The first-order valence-corrected chi connectivity index (χ1v) is 8.76. The van der Waals surface area contributed by atoms with E-state index in [0.29, 0.717) is 29.4 Å². The fourth-order valence-corrected chi connectivity index (χ4v) is 2.85. The molecule has 0 aliphatic heterocycles. The van der Waals surface area contributed by atoms with Gasteiger partial charge in [0.05, 0.1) is 27.7 Å². The number of benzene rings is 2. The Morgan fingerprint density at radius 2 is 1.64 bits per heavy atom. The summed E-state index contributed by atoms with van der Waals surface area (Å²) in [4.78, 5) is 16.6. The number of nitrogens with one attached hydrogen (secondary N) is 1. The third kappa shape index (κ3) is 4.43. The van der Waals surface area contributed by atoms with Gasteiger partial charge in [-0.05, 0) is 23.3 Å². The fourth-order valence-electron chi connectivity index (χ4n) is 2.85. The number of amides is 1. The summed E-state index contributed by atoms with van der Waals surface area (Å²) in [6.45, 7) is 1.18. The van der Waals surface area contributed by atoms with Crippen LogP contribution in [0.1, 0.15) is 21.5 Å². The molecule has 0 saturated carbocycles. The fraction of sp³-hybridized carbons (Fsp3) is 0.238. The van der Waals surface area contributed by atoms with Gasteiger partial charge in [-0.25, -0.2) is 4.98 Å². The van der Waals surface area contributed by atoms with Gasteiger partial charge in [-0.15, -0.1) is 0 Å². The van der Waals surface area contributed by atoms with Crippen molar-refractivity contribution in [3.63, 3.8) is 0 Å². The van der Waals surface area contributed by atoms with Crippen molar-refractivity contribution < 1.29 is 19.0 Å². The van der Waals surface area contributed by atoms with Crippen molar-refractivity contribution in [2.45, 2.75) is 13.1 Å². The molecule has 0 aliphatic carbocycles. The number of imidazole rings is 1. The Labute approximate surface area is 163 Å². The smallest absolute Gasteiger partial charge is 0.251 e. The first-order valence-electron chi connectivity index (χ1n) is 8.76. The lowest BCUT2D eigenvalue weighted by Crippen LogP contribution is -2.23. The highest BCUT2D eigenvalue weighted by Crippen LogP contribution is 2.38. The quantitative estimate of drug-likeness (QED) is 0.649. The van der Waals surface area contributed by atoms with Crippen molar-refractivity contribution in [2.75, 3.05) is 21.3 Å². The molecular weight excluding hydrogens is 358 g/mol. The summed E-state index contributed by atoms with van der Waals surface area (Å²) in [7, 11) is 4.56. The Morgan fingerprint density at radius 1 is 1.00 bits per heavy atom. The summed E-state index contributed by atoms with van der Waals surface area (Å²) >= 11 is 0. The molecule has 0 atom stereocenters. The number of ether oxygens (including phenoxy) is 3. The van der Waals surface area contributed by atoms with Crippen LogP contribution in [0, 0.1) is 0 Å². The van der Waals surface area contributed by atoms with Crippen LogP contribution >= 0.6 is 0 Å². The van der Waals surface area contributed by atoms with Crippen LogP contribution in [0.4, 0.5) is 0 Å². The molecule has 1 heterocycles. The number of methoxy groups -OCH3 is 3. The minimum absolute atomic E-state index is 0.221. The molecule has 0 aliphatic rings. The molecule has 1 aromatic heterocycles. The second-order valence-electron chi connectivity index (χ2n) is 6.15. The largest absolute Gasteiger partial charge is 0.493 e. The van der Waals surface area contributed by atoms with Crippen LogP contribution in [0.25, 0.3) is 0 Å². The number of hydrogen-bond donors (Lipinski definition) is 1. The number of carbonyl (C=O) groups excluding carboxylic acids is 1. The van der Waals surface area contributed by atoms with E-state index >= 15 is 0 Å². The van der Waals surface area contributed by atoms with Crippen LogP contribution in [0.2, 0.25) is 0 Å². The molecule has 0 radical (unpaired) electrons. The van der Waals surface area contributed by atoms with Crippen LogP contribution in [0.5, 0.6) is 17.2 Å². The van der Waals surface area contributed by atoms with Crippen molar-refractivity contribution in [2.24, 2.45) is 0 Å². The highest BCUT2D eigenvalue weighted by Gasteiger charge is 2.16. The van der Waals surface area contributed by atoms with Gasteiger partial charge in [-0.2, -0.15) is 0 Å². The highest BCUT2D eigenvalue weighted by molar-refractivity contribution is 5.95. The van der Waals surface area contributed by atoms with Crippen LogP contribution in [0.15, 0.2) is 55.1 Å². The zero-order valence-corrected chi connectivity index (χ0v) is 16.1. The second-order valence-corrected chi connectivity index (χ2v) is 6.15. The van der Waals surface area contributed by atoms with Gasteiger partial charge in [-0.1, -0.05) is 24.3 Å². The van der Waals surface area contributed by atoms with E-state index in [-0.39, 0.29) is 5.91 Å². The van der Waals surface area contributed by atoms with Crippen molar-refractivity contribution in [3.8, 4) is 17.2 Å². The number of hydrogen-bond acceptors (Lipinski definition) is 5. The topological polar surface area (TPSA) is 74.6 Å². The standard InChI is InChI=1S/C21H23N3O4/c1-26-18-10-17(11-19(27-2)20(18)28-3)21(25)23-12-15-4-6-16(7-5-15)13-24-9-8-22-14-24/h4-11,14H,12-13H2,1-3H3,(H,23,25). The molecule has 28 heavy (non-hydrogen) atoms. The average molecular weight is 381 g/mol. The lowest BCUT2D eigenvalue weighted by atomic mass is 10.1. The number of rotatable bonds is 8. The van der Waals surface area contributed by atoms with Crippen LogP contribution in [0.3, 0.4) is 0 Å². The van der Waals surface area contributed by atoms with Crippen molar-refractivity contribution in [3.05, 3.63) is 71.8 Å². The summed E-state index contributed by atoms with van der Waals surface area (Å²) in [5.41, 5.74) is 2.61. The molecule has 1 N–H and O–H groups in total. The zero-order chi connectivity index (χ0) is 19.9. The monoisotopic (exact) mass is 381 g/mol. The van der Waals surface area contributed by atoms with Gasteiger partial charge in [0.1, 0.15) is 0 Å². The van der Waals surface area contributed by atoms with E-state index in [2.05, 4.69) is 10.3 Å². The lowest BCUT2D eigenvalue weighted by Gasteiger charge is -2.14. The first kappa shape index (κ1) is 19.3. The van der Waals surface area contributed by atoms with E-state index in [1.807, 2.05) is 35.0 Å². The highest BCUT2D eigenvalue weighted by atomic mass is 16.5. The van der Waals surface area contributed by atoms with E-state index in [4.69, 9.17) is 14.2 Å². The maximum absolute atomic E-state index is 12.6. The first-order chi connectivity index (χ1) is 13.6. The van der Waals surface area contributed by atoms with Gasteiger partial charge in [0, 0.05) is 31.0 Å². The Bertz CT molecular complexity index is 896. The molecule has 3 aromatic rings. The van der Waals surface area contributed by atoms with Crippen molar-refractivity contribution in [1.82, 2.24) is 14.9 Å². The third-order valence-corrected chi connectivity index (χ3v) is 4.33. The summed E-state index contributed by atoms with van der Waals surface area (Å²) in [5, 5.41) is 2.91. The molecule has 146 valence electrons. The molecule has 1 amide bonds. The number of carbonyl (C=O) groups is 1. The minimum Gasteiger partial charge on any atom is -0.493 e. The molecule has 0 bridgehead atoms. The van der Waals surface area contributed by atoms with Crippen molar-refractivity contribution in [1.29, 1.82) is 0 Å². The Hall–Kier alpha value is -3.48. The Kier molecular flexibility index (Phi) is 6.16. The van der Waals surface area contributed by atoms with Crippen LogP contribution < -0.4 is 19.5 Å². The van der Waals surface area contributed by atoms with Crippen molar-refractivity contribution >= 4 is 5.91 Å². The molecule has 0 saturated heterocycles. The van der Waals surface area contributed by atoms with Gasteiger partial charge in [0.25, 0.3) is 5.91 Å². The molecular formula is C21H23N3O4. The van der Waals surface area contributed by atoms with E-state index in [9.17, 15) is 4.79 Å². The molecule has 3 rings (SSSR count). The van der Waals surface area contributed by atoms with Crippen LogP contribution in [-0.4, -0.2) is 36.8 Å². The molecule has 0 spiro atoms. The maximum atomic E-state index is 12.6. The third-order valence-electron chi connectivity index (χ3n) is 4.33. The maximum Gasteiger partial charge on any atom is 0.251 e. The number of aromatic nitrogens is 2. The van der Waals surface area contributed by atoms with E-state index < -0.39 is 0 Å². The zero-order valence-electron chi connectivity index (χ0n) is 16.1. The normalized spacial score (nSPS) is 10.4. The van der Waals surface area contributed by atoms with E-state index in [1.165, 1.54) is 21.3 Å². The van der Waals surface area contributed by atoms with Gasteiger partial charge < -0.3 is 24.1 Å². The summed E-state index contributed by atoms with van der Waals surface area (Å²) in [6.07, 6.45) is 5.46. The van der Waals surface area contributed by atoms with Crippen LogP contribution in [-0.2, 0) is 13.1 Å². The minimum atomic E-state index is -0.221. The van der Waals surface area contributed by atoms with Gasteiger partial charge >= 0.3 is 0 Å². The van der Waals surface area contributed by atoms with Gasteiger partial charge in [0.15, 0.2) is 11.5 Å². The lowest BCUT2D eigenvalue weighted by molar-refractivity contribution is 0.0950. The molecule has 0 fully saturated rings. The van der Waals surface area contributed by atoms with Gasteiger partial charge in [0.2, 0.25) is 5.75 Å². The number of nitrogens with zero attached hydrogens (tertiary/aromatic N) is 2. The SMILES string of the molecule is COc1cc(C(=O)NCc2ccc(Cn3ccnc3)cc2)cc(OC)c1OC. The second kappa shape index (κ2) is 8.94. The predicted molar refractivity (Wildman–Crippen MR) is 105 cm³/mol. The molecule has 7 nitrogen and oxygen atoms in total. The molecule has 7 heteroatoms. The summed E-state index contributed by atoms with van der Waals surface area (Å²) in [5.74, 6) is 1.11. The predicted octanol–water partition coefficient (Wildman–Crippen LogP) is 2.89. The Morgan fingerprint density at radius 3 is 2.18 bits per heavy atom. The molecule has 0 unspecified atom stereocenters. The van der Waals surface area contributed by atoms with Gasteiger partial charge in [-0.3, -0.25) is 4.79 Å². The summed E-state index contributed by atoms with van der Waals surface area (Å²) < 4.78 is 17.9.